The third-order valence-electron chi connectivity index (χ3n) is 2.01. The van der Waals surface area contributed by atoms with Crippen LogP contribution >= 0.6 is 10.7 Å². The molecule has 0 radical (unpaired) electrons. The number of rotatable bonds is 2. The standard InChI is InChI=1S/C7H12ClNO2S/c1-6(12(8,10)11)7-4-2-3-5-9-7/h7,9H,1-5H2. The fourth-order valence-electron chi connectivity index (χ4n) is 1.30. The van der Waals surface area contributed by atoms with Gasteiger partial charge < -0.3 is 5.32 Å². The molecule has 0 aliphatic carbocycles. The van der Waals surface area contributed by atoms with Gasteiger partial charge in [0.1, 0.15) is 0 Å². The Kier molecular flexibility index (Phi) is 3.15. The van der Waals surface area contributed by atoms with Crippen LogP contribution in [0.15, 0.2) is 11.5 Å². The first-order valence-electron chi connectivity index (χ1n) is 3.88. The Balaban J connectivity index is 2.64. The van der Waals surface area contributed by atoms with Crippen molar-refractivity contribution in [3.63, 3.8) is 0 Å². The van der Waals surface area contributed by atoms with Gasteiger partial charge in [-0.1, -0.05) is 13.0 Å². The van der Waals surface area contributed by atoms with Crippen LogP contribution in [0, 0.1) is 0 Å². The van der Waals surface area contributed by atoms with E-state index in [0.29, 0.717) is 0 Å². The van der Waals surface area contributed by atoms with Gasteiger partial charge in [0.2, 0.25) is 0 Å². The van der Waals surface area contributed by atoms with Crippen molar-refractivity contribution in [2.45, 2.75) is 25.3 Å². The van der Waals surface area contributed by atoms with Crippen LogP contribution in [0.1, 0.15) is 19.3 Å². The number of halogens is 1. The summed E-state index contributed by atoms with van der Waals surface area (Å²) in [7, 11) is 1.56. The molecule has 1 unspecified atom stereocenters. The lowest BCUT2D eigenvalue weighted by Gasteiger charge is -2.23. The van der Waals surface area contributed by atoms with E-state index in [9.17, 15) is 8.42 Å². The van der Waals surface area contributed by atoms with Crippen LogP contribution in [0.3, 0.4) is 0 Å². The average Bonchev–Trinajstić information content (AvgIpc) is 2.03. The first-order chi connectivity index (χ1) is 5.52. The smallest absolute Gasteiger partial charge is 0.258 e. The van der Waals surface area contributed by atoms with Crippen LogP contribution in [-0.2, 0) is 9.05 Å². The Morgan fingerprint density at radius 2 is 2.17 bits per heavy atom. The highest BCUT2D eigenvalue weighted by molar-refractivity contribution is 8.16. The summed E-state index contributed by atoms with van der Waals surface area (Å²) in [5.41, 5.74) is 0. The van der Waals surface area contributed by atoms with Gasteiger partial charge in [-0.15, -0.1) is 0 Å². The van der Waals surface area contributed by atoms with Crippen LogP contribution in [0.4, 0.5) is 0 Å². The van der Waals surface area contributed by atoms with Crippen molar-refractivity contribution in [1.29, 1.82) is 0 Å². The van der Waals surface area contributed by atoms with Crippen LogP contribution < -0.4 is 5.32 Å². The Bertz CT molecular complexity index is 267. The number of hydrogen-bond donors (Lipinski definition) is 1. The molecule has 0 aromatic rings. The topological polar surface area (TPSA) is 46.2 Å². The highest BCUT2D eigenvalue weighted by Gasteiger charge is 2.23. The molecule has 3 nitrogen and oxygen atoms in total. The minimum absolute atomic E-state index is 0.101. The van der Waals surface area contributed by atoms with Gasteiger partial charge in [-0.05, 0) is 19.4 Å². The zero-order valence-corrected chi connectivity index (χ0v) is 8.29. The maximum Gasteiger partial charge on any atom is 0.258 e. The monoisotopic (exact) mass is 209 g/mol. The van der Waals surface area contributed by atoms with Crippen LogP contribution in [0.5, 0.6) is 0 Å². The van der Waals surface area contributed by atoms with Crippen molar-refractivity contribution < 1.29 is 8.42 Å². The molecule has 0 bridgehead atoms. The summed E-state index contributed by atoms with van der Waals surface area (Å²) in [4.78, 5) is 0.101. The molecule has 1 atom stereocenters. The Morgan fingerprint density at radius 3 is 2.58 bits per heavy atom. The van der Waals surface area contributed by atoms with E-state index in [1.54, 1.807) is 0 Å². The summed E-state index contributed by atoms with van der Waals surface area (Å²) in [6, 6.07) is -0.152. The van der Waals surface area contributed by atoms with Crippen molar-refractivity contribution in [3.05, 3.63) is 11.5 Å². The molecule has 0 aromatic heterocycles. The largest absolute Gasteiger partial charge is 0.309 e. The first-order valence-corrected chi connectivity index (χ1v) is 6.19. The first kappa shape index (κ1) is 10.0. The van der Waals surface area contributed by atoms with Crippen LogP contribution in [0.2, 0.25) is 0 Å². The molecule has 1 saturated heterocycles. The Hall–Kier alpha value is -0.0600. The Labute approximate surface area is 77.2 Å². The third kappa shape index (κ3) is 2.47. The van der Waals surface area contributed by atoms with E-state index in [2.05, 4.69) is 11.9 Å². The fourth-order valence-corrected chi connectivity index (χ4v) is 2.16. The molecular weight excluding hydrogens is 198 g/mol. The molecule has 0 spiro atoms. The summed E-state index contributed by atoms with van der Waals surface area (Å²) in [6.45, 7) is 4.31. The molecular formula is C7H12ClNO2S. The van der Waals surface area contributed by atoms with Gasteiger partial charge in [0.05, 0.1) is 4.91 Å². The van der Waals surface area contributed by atoms with Crippen molar-refractivity contribution in [2.24, 2.45) is 0 Å². The molecule has 0 saturated carbocycles. The summed E-state index contributed by atoms with van der Waals surface area (Å²) in [5.74, 6) is 0. The summed E-state index contributed by atoms with van der Waals surface area (Å²) >= 11 is 0. The molecule has 0 amide bonds. The van der Waals surface area contributed by atoms with E-state index >= 15 is 0 Å². The second kappa shape index (κ2) is 3.77. The van der Waals surface area contributed by atoms with Crippen molar-refractivity contribution in [3.8, 4) is 0 Å². The quantitative estimate of drug-likeness (QED) is 0.696. The molecule has 12 heavy (non-hydrogen) atoms. The maximum atomic E-state index is 10.9. The number of hydrogen-bond acceptors (Lipinski definition) is 3. The van der Waals surface area contributed by atoms with Gasteiger partial charge in [0.25, 0.3) is 9.05 Å². The normalized spacial score (nSPS) is 25.2. The summed E-state index contributed by atoms with van der Waals surface area (Å²) in [5, 5.41) is 3.06. The molecule has 1 aliphatic rings. The van der Waals surface area contributed by atoms with Crippen LogP contribution in [0.25, 0.3) is 0 Å². The van der Waals surface area contributed by atoms with Gasteiger partial charge >= 0.3 is 0 Å². The molecule has 1 heterocycles. The van der Waals surface area contributed by atoms with Gasteiger partial charge in [0.15, 0.2) is 0 Å². The van der Waals surface area contributed by atoms with Crippen molar-refractivity contribution >= 4 is 19.7 Å². The summed E-state index contributed by atoms with van der Waals surface area (Å²) < 4.78 is 21.7. The molecule has 1 N–H and O–H groups in total. The lowest BCUT2D eigenvalue weighted by atomic mass is 10.1. The molecule has 0 aromatic carbocycles. The van der Waals surface area contributed by atoms with E-state index < -0.39 is 9.05 Å². The average molecular weight is 210 g/mol. The van der Waals surface area contributed by atoms with E-state index in [1.807, 2.05) is 0 Å². The van der Waals surface area contributed by atoms with E-state index in [1.165, 1.54) is 0 Å². The molecule has 1 aliphatic heterocycles. The highest BCUT2D eigenvalue weighted by atomic mass is 35.7. The molecule has 70 valence electrons. The second-order valence-electron chi connectivity index (χ2n) is 2.91. The SMILES string of the molecule is C=C(C1CCCCN1)S(=O)(=O)Cl. The zero-order chi connectivity index (χ0) is 9.19. The van der Waals surface area contributed by atoms with Gasteiger partial charge in [-0.2, -0.15) is 0 Å². The minimum atomic E-state index is -3.59. The van der Waals surface area contributed by atoms with Crippen LogP contribution in [-0.4, -0.2) is 21.0 Å². The Morgan fingerprint density at radius 1 is 1.50 bits per heavy atom. The zero-order valence-electron chi connectivity index (χ0n) is 6.72. The minimum Gasteiger partial charge on any atom is -0.309 e. The second-order valence-corrected chi connectivity index (χ2v) is 5.53. The molecule has 1 rings (SSSR count). The maximum absolute atomic E-state index is 10.9. The van der Waals surface area contributed by atoms with Gasteiger partial charge in [0, 0.05) is 16.7 Å². The van der Waals surface area contributed by atoms with E-state index in [-0.39, 0.29) is 10.9 Å². The number of piperidine rings is 1. The van der Waals surface area contributed by atoms with E-state index in [0.717, 1.165) is 25.8 Å². The summed E-state index contributed by atoms with van der Waals surface area (Å²) in [6.07, 6.45) is 2.93. The predicted molar refractivity (Wildman–Crippen MR) is 49.6 cm³/mol. The lowest BCUT2D eigenvalue weighted by molar-refractivity contribution is 0.448. The molecule has 1 fully saturated rings. The van der Waals surface area contributed by atoms with Gasteiger partial charge in [-0.25, -0.2) is 8.42 Å². The highest BCUT2D eigenvalue weighted by Crippen LogP contribution is 2.20. The third-order valence-corrected chi connectivity index (χ3v) is 3.52. The predicted octanol–water partition coefficient (Wildman–Crippen LogP) is 1.21. The van der Waals surface area contributed by atoms with E-state index in [4.69, 9.17) is 10.7 Å². The lowest BCUT2D eigenvalue weighted by Crippen LogP contribution is -2.36. The van der Waals surface area contributed by atoms with Gasteiger partial charge in [-0.3, -0.25) is 0 Å². The number of nitrogens with one attached hydrogen (secondary N) is 1. The fraction of sp³-hybridized carbons (Fsp3) is 0.714. The van der Waals surface area contributed by atoms with Crippen molar-refractivity contribution in [1.82, 2.24) is 5.32 Å². The molecule has 5 heteroatoms. The van der Waals surface area contributed by atoms with Crippen molar-refractivity contribution in [2.75, 3.05) is 6.54 Å².